The van der Waals surface area contributed by atoms with Crippen molar-refractivity contribution in [1.82, 2.24) is 15.0 Å². The summed E-state index contributed by atoms with van der Waals surface area (Å²) < 4.78 is 0. The topological polar surface area (TPSA) is 53.9 Å². The molecule has 2 heterocycles. The first-order valence-electron chi connectivity index (χ1n) is 8.62. The first kappa shape index (κ1) is 18.1. The summed E-state index contributed by atoms with van der Waals surface area (Å²) in [7, 11) is 2.01. The van der Waals surface area contributed by atoms with Gasteiger partial charge in [-0.1, -0.05) is 23.7 Å². The molecule has 6 heteroatoms. The smallest absolute Gasteiger partial charge is 0.226 e. The number of rotatable bonds is 8. The molecule has 0 fully saturated rings. The summed E-state index contributed by atoms with van der Waals surface area (Å²) in [4.78, 5) is 15.1. The zero-order valence-corrected chi connectivity index (χ0v) is 15.5. The minimum atomic E-state index is 0.718. The second-order valence-electron chi connectivity index (χ2n) is 6.07. The molecule has 0 aliphatic rings. The van der Waals surface area contributed by atoms with Crippen LogP contribution < -0.4 is 10.2 Å². The molecule has 3 rings (SSSR count). The van der Waals surface area contributed by atoms with Crippen molar-refractivity contribution in [2.45, 2.75) is 12.8 Å². The fraction of sp³-hybridized carbons (Fsp3) is 0.250. The highest BCUT2D eigenvalue weighted by Gasteiger charge is 2.06. The fourth-order valence-corrected chi connectivity index (χ4v) is 2.69. The van der Waals surface area contributed by atoms with Gasteiger partial charge in [0.1, 0.15) is 5.82 Å². The molecule has 1 N–H and O–H groups in total. The van der Waals surface area contributed by atoms with Crippen molar-refractivity contribution in [3.63, 3.8) is 0 Å². The molecule has 134 valence electrons. The lowest BCUT2D eigenvalue weighted by Gasteiger charge is -2.17. The fourth-order valence-electron chi connectivity index (χ4n) is 2.56. The van der Waals surface area contributed by atoms with Crippen LogP contribution in [0.3, 0.4) is 0 Å². The van der Waals surface area contributed by atoms with Gasteiger partial charge in [0.2, 0.25) is 5.95 Å². The maximum absolute atomic E-state index is 5.91. The van der Waals surface area contributed by atoms with E-state index in [0.717, 1.165) is 42.7 Å². The van der Waals surface area contributed by atoms with Gasteiger partial charge < -0.3 is 10.2 Å². The van der Waals surface area contributed by atoms with Crippen molar-refractivity contribution < 1.29 is 0 Å². The SMILES string of the molecule is CN(CCc1ccncc1)c1nccc(NCCc2ccc(Cl)cc2)n1. The monoisotopic (exact) mass is 367 g/mol. The van der Waals surface area contributed by atoms with Gasteiger partial charge in [0, 0.05) is 43.8 Å². The van der Waals surface area contributed by atoms with Crippen LogP contribution in [0.25, 0.3) is 0 Å². The molecule has 0 amide bonds. The van der Waals surface area contributed by atoms with E-state index in [9.17, 15) is 0 Å². The van der Waals surface area contributed by atoms with Crippen LogP contribution in [0, 0.1) is 0 Å². The summed E-state index contributed by atoms with van der Waals surface area (Å²) in [6.07, 6.45) is 7.26. The van der Waals surface area contributed by atoms with Crippen LogP contribution in [0.15, 0.2) is 61.1 Å². The third-order valence-electron chi connectivity index (χ3n) is 4.10. The van der Waals surface area contributed by atoms with Gasteiger partial charge in [-0.2, -0.15) is 4.98 Å². The number of halogens is 1. The molecule has 26 heavy (non-hydrogen) atoms. The molecule has 0 unspecified atom stereocenters. The highest BCUT2D eigenvalue weighted by atomic mass is 35.5. The summed E-state index contributed by atoms with van der Waals surface area (Å²) in [5, 5.41) is 4.12. The largest absolute Gasteiger partial charge is 0.370 e. The predicted molar refractivity (Wildman–Crippen MR) is 107 cm³/mol. The van der Waals surface area contributed by atoms with Gasteiger partial charge in [0.15, 0.2) is 0 Å². The lowest BCUT2D eigenvalue weighted by atomic mass is 10.1. The Morgan fingerprint density at radius 1 is 0.923 bits per heavy atom. The van der Waals surface area contributed by atoms with Gasteiger partial charge >= 0.3 is 0 Å². The molecule has 2 aromatic heterocycles. The van der Waals surface area contributed by atoms with Gasteiger partial charge in [-0.3, -0.25) is 4.98 Å². The number of aromatic nitrogens is 3. The van der Waals surface area contributed by atoms with E-state index in [1.54, 1.807) is 6.20 Å². The van der Waals surface area contributed by atoms with Crippen molar-refractivity contribution in [3.8, 4) is 0 Å². The van der Waals surface area contributed by atoms with E-state index in [-0.39, 0.29) is 0 Å². The van der Waals surface area contributed by atoms with Crippen LogP contribution in [0.5, 0.6) is 0 Å². The van der Waals surface area contributed by atoms with E-state index in [4.69, 9.17) is 11.6 Å². The van der Waals surface area contributed by atoms with Gasteiger partial charge in [0.05, 0.1) is 0 Å². The molecular weight excluding hydrogens is 346 g/mol. The maximum Gasteiger partial charge on any atom is 0.226 e. The second kappa shape index (κ2) is 9.15. The van der Waals surface area contributed by atoms with Gasteiger partial charge in [-0.15, -0.1) is 0 Å². The molecule has 0 spiro atoms. The third-order valence-corrected chi connectivity index (χ3v) is 4.35. The third kappa shape index (κ3) is 5.43. The molecule has 3 aromatic rings. The molecular formula is C20H22ClN5. The summed E-state index contributed by atoms with van der Waals surface area (Å²) >= 11 is 5.91. The molecule has 0 bridgehead atoms. The van der Waals surface area contributed by atoms with Crippen molar-refractivity contribution >= 4 is 23.4 Å². The molecule has 1 aromatic carbocycles. The average Bonchev–Trinajstić information content (AvgIpc) is 2.69. The van der Waals surface area contributed by atoms with Gasteiger partial charge in [0.25, 0.3) is 0 Å². The van der Waals surface area contributed by atoms with Crippen LogP contribution in [0.1, 0.15) is 11.1 Å². The highest BCUT2D eigenvalue weighted by Crippen LogP contribution is 2.12. The standard InChI is InChI=1S/C20H22ClN5/c1-26(15-10-17-6-11-22-12-7-17)20-24-14-9-19(25-20)23-13-8-16-2-4-18(21)5-3-16/h2-7,9,11-12,14H,8,10,13,15H2,1H3,(H,23,24,25). The lowest BCUT2D eigenvalue weighted by molar-refractivity contribution is 0.835. The normalized spacial score (nSPS) is 10.5. The van der Waals surface area contributed by atoms with Crippen LogP contribution >= 0.6 is 11.6 Å². The van der Waals surface area contributed by atoms with E-state index in [1.165, 1.54) is 11.1 Å². The number of anilines is 2. The number of hydrogen-bond donors (Lipinski definition) is 1. The zero-order chi connectivity index (χ0) is 18.2. The van der Waals surface area contributed by atoms with Crippen molar-refractivity contribution in [2.24, 2.45) is 0 Å². The number of likely N-dealkylation sites (N-methyl/N-ethyl adjacent to an activating group) is 1. The van der Waals surface area contributed by atoms with E-state index >= 15 is 0 Å². The molecule has 0 saturated carbocycles. The van der Waals surface area contributed by atoms with E-state index in [1.807, 2.05) is 61.9 Å². The summed E-state index contributed by atoms with van der Waals surface area (Å²) in [5.74, 6) is 1.55. The molecule has 0 aliphatic carbocycles. The highest BCUT2D eigenvalue weighted by molar-refractivity contribution is 6.30. The van der Waals surface area contributed by atoms with Crippen molar-refractivity contribution in [2.75, 3.05) is 30.4 Å². The van der Waals surface area contributed by atoms with Crippen LogP contribution in [0.2, 0.25) is 5.02 Å². The maximum atomic E-state index is 5.91. The van der Waals surface area contributed by atoms with Crippen LogP contribution in [0.4, 0.5) is 11.8 Å². The quantitative estimate of drug-likeness (QED) is 0.655. The Bertz CT molecular complexity index is 808. The number of hydrogen-bond acceptors (Lipinski definition) is 5. The van der Waals surface area contributed by atoms with Gasteiger partial charge in [-0.05, 0) is 54.3 Å². The molecule has 0 aliphatic heterocycles. The summed E-state index contributed by atoms with van der Waals surface area (Å²) in [5.41, 5.74) is 2.50. The number of nitrogens with zero attached hydrogens (tertiary/aromatic N) is 4. The number of nitrogens with one attached hydrogen (secondary N) is 1. The lowest BCUT2D eigenvalue weighted by Crippen LogP contribution is -2.23. The Morgan fingerprint density at radius 2 is 1.65 bits per heavy atom. The number of benzene rings is 1. The number of pyridine rings is 1. The Kier molecular flexibility index (Phi) is 6.39. The molecule has 0 radical (unpaired) electrons. The van der Waals surface area contributed by atoms with Crippen molar-refractivity contribution in [1.29, 1.82) is 0 Å². The van der Waals surface area contributed by atoms with Crippen LogP contribution in [-0.4, -0.2) is 35.1 Å². The summed E-state index contributed by atoms with van der Waals surface area (Å²) in [6, 6.07) is 13.9. The van der Waals surface area contributed by atoms with Crippen molar-refractivity contribution in [3.05, 3.63) is 77.2 Å². The van der Waals surface area contributed by atoms with E-state index < -0.39 is 0 Å². The van der Waals surface area contributed by atoms with E-state index in [0.29, 0.717) is 0 Å². The summed E-state index contributed by atoms with van der Waals surface area (Å²) in [6.45, 7) is 1.65. The van der Waals surface area contributed by atoms with Gasteiger partial charge in [-0.25, -0.2) is 4.98 Å². The predicted octanol–water partition coefficient (Wildman–Crippen LogP) is 3.86. The Hall–Kier alpha value is -2.66. The first-order chi connectivity index (χ1) is 12.7. The molecule has 5 nitrogen and oxygen atoms in total. The zero-order valence-electron chi connectivity index (χ0n) is 14.8. The Morgan fingerprint density at radius 3 is 2.42 bits per heavy atom. The Balaban J connectivity index is 1.51. The average molecular weight is 368 g/mol. The minimum absolute atomic E-state index is 0.718. The molecule has 0 saturated heterocycles. The minimum Gasteiger partial charge on any atom is -0.370 e. The first-order valence-corrected chi connectivity index (χ1v) is 9.00. The second-order valence-corrected chi connectivity index (χ2v) is 6.51. The van der Waals surface area contributed by atoms with Crippen LogP contribution in [-0.2, 0) is 12.8 Å². The molecule has 0 atom stereocenters. The van der Waals surface area contributed by atoms with E-state index in [2.05, 4.69) is 25.2 Å². The Labute approximate surface area is 159 Å².